The lowest BCUT2D eigenvalue weighted by Gasteiger charge is -2.34. The number of aromatic nitrogens is 4. The van der Waals surface area contributed by atoms with Crippen molar-refractivity contribution < 1.29 is 9.53 Å². The number of benzene rings is 2. The van der Waals surface area contributed by atoms with Crippen LogP contribution in [0.15, 0.2) is 77.7 Å². The first-order valence-corrected chi connectivity index (χ1v) is 13.1. The third-order valence-corrected chi connectivity index (χ3v) is 7.14. The molecule has 2 aliphatic heterocycles. The van der Waals surface area contributed by atoms with Gasteiger partial charge in [-0.2, -0.15) is 5.10 Å². The molecule has 4 N–H and O–H groups in total. The van der Waals surface area contributed by atoms with Gasteiger partial charge in [0, 0.05) is 43.4 Å². The summed E-state index contributed by atoms with van der Waals surface area (Å²) in [4.78, 5) is 28.1. The van der Waals surface area contributed by atoms with Crippen molar-refractivity contribution in [1.82, 2.24) is 24.6 Å². The topological polar surface area (TPSA) is 138 Å². The summed E-state index contributed by atoms with van der Waals surface area (Å²) in [6.45, 7) is 1.16. The minimum absolute atomic E-state index is 0.0649. The van der Waals surface area contributed by atoms with E-state index in [2.05, 4.69) is 15.0 Å². The minimum atomic E-state index is -0.621. The summed E-state index contributed by atoms with van der Waals surface area (Å²) in [5, 5.41) is 5.67. The number of hydrogen-bond donors (Lipinski definition) is 2. The highest BCUT2D eigenvalue weighted by molar-refractivity contribution is 5.98. The average molecular weight is 523 g/mol. The van der Waals surface area contributed by atoms with Crippen molar-refractivity contribution in [2.45, 2.75) is 37.8 Å². The Morgan fingerprint density at radius 2 is 1.87 bits per heavy atom. The molecule has 0 unspecified atom stereocenters. The lowest BCUT2D eigenvalue weighted by Crippen LogP contribution is -2.48. The summed E-state index contributed by atoms with van der Waals surface area (Å²) in [6.07, 6.45) is 8.23. The smallest absolute Gasteiger partial charge is 0.239 e. The second-order valence-corrected chi connectivity index (χ2v) is 9.82. The number of allylic oxidation sites excluding steroid dienone is 1. The molecule has 2 aliphatic rings. The Hall–Kier alpha value is -4.57. The number of nitrogens with zero attached hydrogens (tertiary/aromatic N) is 6. The Bertz CT molecular complexity index is 1550. The number of anilines is 1. The summed E-state index contributed by atoms with van der Waals surface area (Å²) in [7, 11) is 0. The highest BCUT2D eigenvalue weighted by atomic mass is 16.5. The van der Waals surface area contributed by atoms with Crippen molar-refractivity contribution in [3.8, 4) is 22.8 Å². The first-order valence-electron chi connectivity index (χ1n) is 13.1. The lowest BCUT2D eigenvalue weighted by atomic mass is 10.0. The van der Waals surface area contributed by atoms with Crippen LogP contribution in [0.25, 0.3) is 22.3 Å². The largest absolute Gasteiger partial charge is 0.457 e. The van der Waals surface area contributed by atoms with Crippen LogP contribution in [0.5, 0.6) is 11.5 Å². The highest BCUT2D eigenvalue weighted by Crippen LogP contribution is 2.35. The fourth-order valence-electron chi connectivity index (χ4n) is 5.21. The quantitative estimate of drug-likeness (QED) is 0.373. The number of carbonyl (C=O) groups excluding carboxylic acids is 1. The zero-order valence-electron chi connectivity index (χ0n) is 21.5. The Morgan fingerprint density at radius 1 is 1.08 bits per heavy atom. The predicted octanol–water partition coefficient (Wildman–Crippen LogP) is 4.11. The Labute approximate surface area is 226 Å². The van der Waals surface area contributed by atoms with Crippen LogP contribution in [-0.4, -0.2) is 55.9 Å². The van der Waals surface area contributed by atoms with Gasteiger partial charge in [0.15, 0.2) is 5.65 Å². The SMILES string of the molecule is Nc1ncnc2c1c(-c1ccc(Oc3ccccc3)cc1)nn2[C@@H]1CCCN(C(=O)[C@@H](N)CC2=CCC=N2)C1. The van der Waals surface area contributed by atoms with E-state index in [-0.39, 0.29) is 11.9 Å². The molecule has 0 radical (unpaired) electrons. The number of piperidine rings is 1. The molecule has 0 spiro atoms. The van der Waals surface area contributed by atoms with Crippen LogP contribution in [0.4, 0.5) is 5.82 Å². The van der Waals surface area contributed by atoms with E-state index < -0.39 is 6.04 Å². The number of carbonyl (C=O) groups is 1. The van der Waals surface area contributed by atoms with Gasteiger partial charge in [-0.05, 0) is 49.2 Å². The van der Waals surface area contributed by atoms with Gasteiger partial charge in [0.2, 0.25) is 5.91 Å². The van der Waals surface area contributed by atoms with Crippen molar-refractivity contribution in [2.24, 2.45) is 10.7 Å². The summed E-state index contributed by atoms with van der Waals surface area (Å²) in [5.74, 6) is 1.78. The van der Waals surface area contributed by atoms with Crippen molar-refractivity contribution >= 4 is 29.0 Å². The van der Waals surface area contributed by atoms with Gasteiger partial charge in [-0.1, -0.05) is 24.3 Å². The number of hydrogen-bond acceptors (Lipinski definition) is 8. The molecular formula is C29H30N8O2. The molecule has 0 saturated carbocycles. The molecule has 198 valence electrons. The first-order chi connectivity index (χ1) is 19.1. The molecule has 0 bridgehead atoms. The number of nitrogens with two attached hydrogens (primary N) is 2. The molecular weight excluding hydrogens is 492 g/mol. The third kappa shape index (κ3) is 5.10. The molecule has 2 aromatic heterocycles. The van der Waals surface area contributed by atoms with Crippen LogP contribution in [0.1, 0.15) is 31.7 Å². The fraction of sp³-hybridized carbons (Fsp3) is 0.276. The standard InChI is InChI=1S/C29H30N8O2/c30-24(16-20-6-4-14-32-20)29(38)36-15-5-7-21(17-36)37-28-25(27(31)33-18-34-28)26(35-37)19-10-12-23(13-11-19)39-22-8-2-1-3-9-22/h1-3,6,8-14,18,21,24H,4-5,7,15-17,30H2,(H2,31,33,34)/t21-,24+/m1/s1. The molecule has 4 heterocycles. The van der Waals surface area contributed by atoms with Crippen molar-refractivity contribution in [1.29, 1.82) is 0 Å². The van der Waals surface area contributed by atoms with Gasteiger partial charge in [-0.15, -0.1) is 0 Å². The van der Waals surface area contributed by atoms with Crippen molar-refractivity contribution in [3.05, 3.63) is 72.7 Å². The number of fused-ring (bicyclic) bond motifs is 1. The monoisotopic (exact) mass is 522 g/mol. The summed E-state index contributed by atoms with van der Waals surface area (Å²) < 4.78 is 7.84. The van der Waals surface area contributed by atoms with E-state index in [4.69, 9.17) is 21.3 Å². The number of para-hydroxylation sites is 1. The van der Waals surface area contributed by atoms with Crippen LogP contribution in [0, 0.1) is 0 Å². The van der Waals surface area contributed by atoms with E-state index in [1.807, 2.05) is 76.5 Å². The van der Waals surface area contributed by atoms with Crippen LogP contribution in [0.3, 0.4) is 0 Å². The van der Waals surface area contributed by atoms with Crippen LogP contribution in [0.2, 0.25) is 0 Å². The zero-order chi connectivity index (χ0) is 26.8. The first kappa shape index (κ1) is 24.7. The van der Waals surface area contributed by atoms with Crippen LogP contribution >= 0.6 is 0 Å². The van der Waals surface area contributed by atoms with Gasteiger partial charge in [0.25, 0.3) is 0 Å². The normalized spacial score (nSPS) is 17.8. The molecule has 0 aliphatic carbocycles. The van der Waals surface area contributed by atoms with Gasteiger partial charge < -0.3 is 21.1 Å². The van der Waals surface area contributed by atoms with E-state index in [0.29, 0.717) is 42.1 Å². The van der Waals surface area contributed by atoms with E-state index in [1.165, 1.54) is 6.33 Å². The second-order valence-electron chi connectivity index (χ2n) is 9.82. The minimum Gasteiger partial charge on any atom is -0.457 e. The van der Waals surface area contributed by atoms with Gasteiger partial charge in [-0.25, -0.2) is 14.6 Å². The number of likely N-dealkylation sites (tertiary alicyclic amines) is 1. The van der Waals surface area contributed by atoms with Gasteiger partial charge in [0.05, 0.1) is 17.5 Å². The van der Waals surface area contributed by atoms with Crippen molar-refractivity contribution in [2.75, 3.05) is 18.8 Å². The Kier molecular flexibility index (Phi) is 6.76. The number of nitrogen functional groups attached to an aromatic ring is 1. The molecule has 1 fully saturated rings. The second kappa shape index (κ2) is 10.7. The molecule has 2 aromatic carbocycles. The van der Waals surface area contributed by atoms with E-state index >= 15 is 0 Å². The summed E-state index contributed by atoms with van der Waals surface area (Å²) >= 11 is 0. The molecule has 6 rings (SSSR count). The number of amides is 1. The zero-order valence-corrected chi connectivity index (χ0v) is 21.5. The van der Waals surface area contributed by atoms with Crippen LogP contribution < -0.4 is 16.2 Å². The maximum Gasteiger partial charge on any atom is 0.239 e. The number of aliphatic imine (C=N–C) groups is 1. The highest BCUT2D eigenvalue weighted by Gasteiger charge is 2.31. The molecule has 1 saturated heterocycles. The summed E-state index contributed by atoms with van der Waals surface area (Å²) in [5.41, 5.74) is 15.7. The van der Waals surface area contributed by atoms with Crippen LogP contribution in [-0.2, 0) is 4.79 Å². The summed E-state index contributed by atoms with van der Waals surface area (Å²) in [6, 6.07) is 16.6. The molecule has 39 heavy (non-hydrogen) atoms. The van der Waals surface area contributed by atoms with E-state index in [0.717, 1.165) is 42.0 Å². The van der Waals surface area contributed by atoms with E-state index in [9.17, 15) is 4.79 Å². The Morgan fingerprint density at radius 3 is 2.64 bits per heavy atom. The molecule has 10 nitrogen and oxygen atoms in total. The van der Waals surface area contributed by atoms with E-state index in [1.54, 1.807) is 0 Å². The maximum absolute atomic E-state index is 13.2. The fourth-order valence-corrected chi connectivity index (χ4v) is 5.21. The van der Waals surface area contributed by atoms with Gasteiger partial charge in [-0.3, -0.25) is 9.79 Å². The number of ether oxygens (including phenoxy) is 1. The average Bonchev–Trinajstić information content (AvgIpc) is 3.62. The van der Waals surface area contributed by atoms with Gasteiger partial charge in [0.1, 0.15) is 29.3 Å². The molecule has 2 atom stereocenters. The maximum atomic E-state index is 13.2. The lowest BCUT2D eigenvalue weighted by molar-refractivity contribution is -0.134. The molecule has 1 amide bonds. The molecule has 4 aromatic rings. The molecule has 10 heteroatoms. The Balaban J connectivity index is 1.26. The van der Waals surface area contributed by atoms with Gasteiger partial charge >= 0.3 is 0 Å². The van der Waals surface area contributed by atoms with Crippen molar-refractivity contribution in [3.63, 3.8) is 0 Å². The third-order valence-electron chi connectivity index (χ3n) is 7.14. The predicted molar refractivity (Wildman–Crippen MR) is 150 cm³/mol. The number of rotatable bonds is 7.